The maximum atomic E-state index is 4.84. The van der Waals surface area contributed by atoms with Crippen LogP contribution in [-0.4, -0.2) is 21.1 Å². The standard InChI is InChI=1S/C14H18N4/c1-4-10(5-1)18-13-12(7-3-9-16-13)17-14(18)11-6-2-8-15-11/h3,7,9-11,15H,1-2,4-6,8H2. The zero-order valence-electron chi connectivity index (χ0n) is 10.5. The van der Waals surface area contributed by atoms with Crippen LogP contribution in [0, 0.1) is 0 Å². The van der Waals surface area contributed by atoms with Crippen LogP contribution < -0.4 is 5.32 Å². The zero-order chi connectivity index (χ0) is 11.9. The summed E-state index contributed by atoms with van der Waals surface area (Å²) in [5.74, 6) is 1.21. The van der Waals surface area contributed by atoms with Gasteiger partial charge in [-0.25, -0.2) is 9.97 Å². The lowest BCUT2D eigenvalue weighted by molar-refractivity contribution is 0.305. The fourth-order valence-electron chi connectivity index (χ4n) is 3.10. The van der Waals surface area contributed by atoms with Gasteiger partial charge >= 0.3 is 0 Å². The van der Waals surface area contributed by atoms with Crippen LogP contribution in [0.3, 0.4) is 0 Å². The second-order valence-electron chi connectivity index (χ2n) is 5.42. The minimum Gasteiger partial charge on any atom is -0.308 e. The van der Waals surface area contributed by atoms with E-state index in [4.69, 9.17) is 4.98 Å². The predicted octanol–water partition coefficient (Wildman–Crippen LogP) is 2.58. The minimum absolute atomic E-state index is 0.430. The van der Waals surface area contributed by atoms with Crippen LogP contribution >= 0.6 is 0 Å². The van der Waals surface area contributed by atoms with Crippen molar-refractivity contribution in [3.63, 3.8) is 0 Å². The van der Waals surface area contributed by atoms with Crippen molar-refractivity contribution in [2.45, 2.75) is 44.2 Å². The van der Waals surface area contributed by atoms with E-state index >= 15 is 0 Å². The summed E-state index contributed by atoms with van der Waals surface area (Å²) in [6, 6.07) is 5.12. The molecule has 94 valence electrons. The molecule has 0 aromatic carbocycles. The summed E-state index contributed by atoms with van der Waals surface area (Å²) in [5.41, 5.74) is 2.12. The molecule has 4 rings (SSSR count). The van der Waals surface area contributed by atoms with Gasteiger partial charge < -0.3 is 9.88 Å². The number of nitrogens with one attached hydrogen (secondary N) is 1. The maximum Gasteiger partial charge on any atom is 0.160 e. The summed E-state index contributed by atoms with van der Waals surface area (Å²) >= 11 is 0. The number of nitrogens with zero attached hydrogens (tertiary/aromatic N) is 3. The molecule has 4 nitrogen and oxygen atoms in total. The number of fused-ring (bicyclic) bond motifs is 1. The van der Waals surface area contributed by atoms with Crippen molar-refractivity contribution in [1.29, 1.82) is 0 Å². The molecule has 1 aliphatic heterocycles. The van der Waals surface area contributed by atoms with Gasteiger partial charge in [0, 0.05) is 12.2 Å². The van der Waals surface area contributed by atoms with E-state index in [1.165, 1.54) is 37.9 Å². The fourth-order valence-corrected chi connectivity index (χ4v) is 3.10. The van der Waals surface area contributed by atoms with E-state index < -0.39 is 0 Å². The van der Waals surface area contributed by atoms with Gasteiger partial charge in [-0.2, -0.15) is 0 Å². The maximum absolute atomic E-state index is 4.84. The number of aromatic nitrogens is 3. The molecule has 1 saturated carbocycles. The average Bonchev–Trinajstić information content (AvgIpc) is 2.94. The van der Waals surface area contributed by atoms with Gasteiger partial charge in [0.15, 0.2) is 5.65 Å². The SMILES string of the molecule is c1cnc2c(c1)nc(C1CCCN1)n2C1CCC1. The summed E-state index contributed by atoms with van der Waals surface area (Å²) in [5, 5.41) is 3.57. The third-order valence-electron chi connectivity index (χ3n) is 4.29. The van der Waals surface area contributed by atoms with Crippen molar-refractivity contribution in [2.24, 2.45) is 0 Å². The Kier molecular flexibility index (Phi) is 2.36. The van der Waals surface area contributed by atoms with Crippen LogP contribution in [0.15, 0.2) is 18.3 Å². The summed E-state index contributed by atoms with van der Waals surface area (Å²) < 4.78 is 2.40. The monoisotopic (exact) mass is 242 g/mol. The van der Waals surface area contributed by atoms with Crippen molar-refractivity contribution in [3.05, 3.63) is 24.2 Å². The lowest BCUT2D eigenvalue weighted by atomic mass is 9.92. The van der Waals surface area contributed by atoms with E-state index in [2.05, 4.69) is 20.9 Å². The van der Waals surface area contributed by atoms with Gasteiger partial charge in [-0.3, -0.25) is 0 Å². The van der Waals surface area contributed by atoms with E-state index in [9.17, 15) is 0 Å². The van der Waals surface area contributed by atoms with Gasteiger partial charge in [0.2, 0.25) is 0 Å². The second kappa shape index (κ2) is 4.05. The smallest absolute Gasteiger partial charge is 0.160 e. The third-order valence-corrected chi connectivity index (χ3v) is 4.29. The van der Waals surface area contributed by atoms with Crippen LogP contribution in [-0.2, 0) is 0 Å². The topological polar surface area (TPSA) is 42.7 Å². The Morgan fingerprint density at radius 3 is 2.89 bits per heavy atom. The number of rotatable bonds is 2. The van der Waals surface area contributed by atoms with E-state index in [1.807, 2.05) is 12.3 Å². The molecule has 18 heavy (non-hydrogen) atoms. The van der Waals surface area contributed by atoms with Crippen molar-refractivity contribution < 1.29 is 0 Å². The van der Waals surface area contributed by atoms with Crippen LogP contribution in [0.25, 0.3) is 11.2 Å². The number of hydrogen-bond acceptors (Lipinski definition) is 3. The Morgan fingerprint density at radius 2 is 2.17 bits per heavy atom. The molecule has 1 unspecified atom stereocenters. The lowest BCUT2D eigenvalue weighted by Gasteiger charge is -2.29. The summed E-state index contributed by atoms with van der Waals surface area (Å²) in [6.45, 7) is 1.12. The fraction of sp³-hybridized carbons (Fsp3) is 0.571. The first-order chi connectivity index (χ1) is 8.93. The van der Waals surface area contributed by atoms with Crippen molar-refractivity contribution >= 4 is 11.2 Å². The van der Waals surface area contributed by atoms with E-state index in [-0.39, 0.29) is 0 Å². The Hall–Kier alpha value is -1.42. The van der Waals surface area contributed by atoms with Crippen LogP contribution in [0.4, 0.5) is 0 Å². The second-order valence-corrected chi connectivity index (χ2v) is 5.42. The number of hydrogen-bond donors (Lipinski definition) is 1. The highest BCUT2D eigenvalue weighted by Gasteiger charge is 2.29. The molecule has 2 fully saturated rings. The van der Waals surface area contributed by atoms with Crippen molar-refractivity contribution in [3.8, 4) is 0 Å². The third kappa shape index (κ3) is 1.48. The van der Waals surface area contributed by atoms with Gasteiger partial charge in [-0.05, 0) is 50.8 Å². The molecule has 0 amide bonds. The van der Waals surface area contributed by atoms with Gasteiger partial charge in [0.25, 0.3) is 0 Å². The molecule has 0 radical (unpaired) electrons. The van der Waals surface area contributed by atoms with Gasteiger partial charge in [-0.15, -0.1) is 0 Å². The Labute approximate surface area is 106 Å². The molecule has 2 aromatic rings. The molecule has 1 aliphatic carbocycles. The molecule has 1 atom stereocenters. The predicted molar refractivity (Wildman–Crippen MR) is 70.4 cm³/mol. The Bertz CT molecular complexity index is 564. The molecule has 2 aromatic heterocycles. The largest absolute Gasteiger partial charge is 0.308 e. The van der Waals surface area contributed by atoms with Crippen LogP contribution in [0.5, 0.6) is 0 Å². The first-order valence-corrected chi connectivity index (χ1v) is 7.00. The molecule has 0 spiro atoms. The normalized spacial score (nSPS) is 24.6. The first kappa shape index (κ1) is 10.5. The lowest BCUT2D eigenvalue weighted by Crippen LogP contribution is -2.24. The Balaban J connectivity index is 1.88. The van der Waals surface area contributed by atoms with E-state index in [1.54, 1.807) is 0 Å². The Morgan fingerprint density at radius 1 is 1.22 bits per heavy atom. The highest BCUT2D eigenvalue weighted by molar-refractivity contribution is 5.71. The molecule has 1 N–H and O–H groups in total. The van der Waals surface area contributed by atoms with E-state index in [0.29, 0.717) is 12.1 Å². The summed E-state index contributed by atoms with van der Waals surface area (Å²) in [7, 11) is 0. The van der Waals surface area contributed by atoms with Gasteiger partial charge in [-0.1, -0.05) is 0 Å². The van der Waals surface area contributed by atoms with Gasteiger partial charge in [0.1, 0.15) is 11.3 Å². The molecule has 2 aliphatic rings. The number of imidazole rings is 1. The molecular weight excluding hydrogens is 224 g/mol. The quantitative estimate of drug-likeness (QED) is 0.880. The molecule has 4 heteroatoms. The average molecular weight is 242 g/mol. The first-order valence-electron chi connectivity index (χ1n) is 7.00. The summed E-state index contributed by atoms with van der Waals surface area (Å²) in [6.07, 6.45) is 8.24. The van der Waals surface area contributed by atoms with Crippen molar-refractivity contribution in [2.75, 3.05) is 6.54 Å². The van der Waals surface area contributed by atoms with Crippen molar-refractivity contribution in [1.82, 2.24) is 19.9 Å². The molecule has 1 saturated heterocycles. The molecule has 3 heterocycles. The molecular formula is C14H18N4. The summed E-state index contributed by atoms with van der Waals surface area (Å²) in [4.78, 5) is 9.38. The highest BCUT2D eigenvalue weighted by atomic mass is 15.2. The number of pyridine rings is 1. The highest BCUT2D eigenvalue weighted by Crippen LogP contribution is 2.37. The van der Waals surface area contributed by atoms with E-state index in [0.717, 1.165) is 17.7 Å². The van der Waals surface area contributed by atoms with Crippen LogP contribution in [0.1, 0.15) is 50.0 Å². The van der Waals surface area contributed by atoms with Crippen LogP contribution in [0.2, 0.25) is 0 Å². The minimum atomic E-state index is 0.430. The van der Waals surface area contributed by atoms with Gasteiger partial charge in [0.05, 0.1) is 6.04 Å². The zero-order valence-corrected chi connectivity index (χ0v) is 10.5. The molecule has 0 bridgehead atoms.